The van der Waals surface area contributed by atoms with Gasteiger partial charge in [0.1, 0.15) is 13.2 Å². The van der Waals surface area contributed by atoms with Crippen molar-refractivity contribution in [2.24, 2.45) is 0 Å². The minimum absolute atomic E-state index is 0.144. The highest BCUT2D eigenvalue weighted by Gasteiger charge is 2.24. The molecule has 3 rings (SSSR count). The lowest BCUT2D eigenvalue weighted by molar-refractivity contribution is -0.132. The lowest BCUT2D eigenvalue weighted by Crippen LogP contribution is -2.50. The van der Waals surface area contributed by atoms with Crippen LogP contribution in [0.3, 0.4) is 0 Å². The van der Waals surface area contributed by atoms with E-state index in [-0.39, 0.29) is 12.0 Å². The first kappa shape index (κ1) is 18.4. The molecule has 0 N–H and O–H groups in total. The number of piperazine rings is 1. The van der Waals surface area contributed by atoms with Crippen LogP contribution in [0.1, 0.15) is 25.3 Å². The fraction of sp³-hybridized carbons (Fsp3) is 0.579. The Balaban J connectivity index is 1.40. The summed E-state index contributed by atoms with van der Waals surface area (Å²) in [5, 5.41) is 0. The topological polar surface area (TPSA) is 68.3 Å². The minimum Gasteiger partial charge on any atom is -0.486 e. The summed E-state index contributed by atoms with van der Waals surface area (Å²) in [5.74, 6) is 1.72. The number of rotatable bonds is 5. The Morgan fingerprint density at radius 1 is 1.04 bits per heavy atom. The van der Waals surface area contributed by atoms with Crippen molar-refractivity contribution in [1.82, 2.24) is 9.80 Å². The molecular formula is C19H26N2O5. The standard InChI is InChI=1S/C19H26N2O5/c1-2-24-19(23)21-10-8-20(9-11-21)18(22)5-3-4-15-6-7-16-17(14-15)26-13-12-25-16/h6-7,14H,2-5,8-13H2,1H3. The van der Waals surface area contributed by atoms with Gasteiger partial charge in [-0.15, -0.1) is 0 Å². The average molecular weight is 362 g/mol. The predicted octanol–water partition coefficient (Wildman–Crippen LogP) is 2.08. The van der Waals surface area contributed by atoms with Gasteiger partial charge in [-0.2, -0.15) is 0 Å². The number of carbonyl (C=O) groups is 2. The number of nitrogens with zero attached hydrogens (tertiary/aromatic N) is 2. The fourth-order valence-corrected chi connectivity index (χ4v) is 3.20. The summed E-state index contributed by atoms with van der Waals surface area (Å²) in [4.78, 5) is 27.5. The zero-order valence-electron chi connectivity index (χ0n) is 15.2. The summed E-state index contributed by atoms with van der Waals surface area (Å²) in [7, 11) is 0. The molecule has 0 saturated carbocycles. The summed E-state index contributed by atoms with van der Waals surface area (Å²) >= 11 is 0. The molecule has 1 saturated heterocycles. The molecule has 0 unspecified atom stereocenters. The lowest BCUT2D eigenvalue weighted by atomic mass is 10.1. The van der Waals surface area contributed by atoms with Crippen molar-refractivity contribution in [3.05, 3.63) is 23.8 Å². The van der Waals surface area contributed by atoms with Crippen molar-refractivity contribution in [2.75, 3.05) is 46.0 Å². The number of ether oxygens (including phenoxy) is 3. The van der Waals surface area contributed by atoms with E-state index in [9.17, 15) is 9.59 Å². The molecule has 2 aliphatic heterocycles. The van der Waals surface area contributed by atoms with Gasteiger partial charge in [-0.25, -0.2) is 4.79 Å². The third-order valence-corrected chi connectivity index (χ3v) is 4.62. The van der Waals surface area contributed by atoms with Crippen LogP contribution in [0.25, 0.3) is 0 Å². The van der Waals surface area contributed by atoms with Crippen molar-refractivity contribution in [3.8, 4) is 11.5 Å². The molecule has 1 aromatic carbocycles. The molecule has 7 heteroatoms. The quantitative estimate of drug-likeness (QED) is 0.802. The average Bonchev–Trinajstić information content (AvgIpc) is 2.68. The van der Waals surface area contributed by atoms with Crippen LogP contribution in [-0.4, -0.2) is 67.8 Å². The normalized spacial score (nSPS) is 16.3. The van der Waals surface area contributed by atoms with E-state index in [1.54, 1.807) is 11.8 Å². The van der Waals surface area contributed by atoms with Crippen LogP contribution in [0.5, 0.6) is 11.5 Å². The van der Waals surface area contributed by atoms with Gasteiger partial charge >= 0.3 is 6.09 Å². The maximum Gasteiger partial charge on any atom is 0.409 e. The zero-order chi connectivity index (χ0) is 18.4. The van der Waals surface area contributed by atoms with Crippen LogP contribution in [0, 0.1) is 0 Å². The van der Waals surface area contributed by atoms with E-state index in [2.05, 4.69) is 0 Å². The Morgan fingerprint density at radius 3 is 2.46 bits per heavy atom. The first-order valence-electron chi connectivity index (χ1n) is 9.25. The van der Waals surface area contributed by atoms with Crippen molar-refractivity contribution in [2.45, 2.75) is 26.2 Å². The largest absolute Gasteiger partial charge is 0.486 e. The second-order valence-corrected chi connectivity index (χ2v) is 6.40. The molecule has 2 amide bonds. The molecule has 2 aliphatic rings. The summed E-state index contributed by atoms with van der Waals surface area (Å²) in [5.41, 5.74) is 1.15. The first-order chi connectivity index (χ1) is 12.7. The van der Waals surface area contributed by atoms with Crippen molar-refractivity contribution in [1.29, 1.82) is 0 Å². The molecule has 26 heavy (non-hydrogen) atoms. The molecule has 0 bridgehead atoms. The van der Waals surface area contributed by atoms with Gasteiger partial charge in [0.25, 0.3) is 0 Å². The molecular weight excluding hydrogens is 336 g/mol. The molecule has 1 aromatic rings. The minimum atomic E-state index is -0.293. The van der Waals surface area contributed by atoms with Crippen LogP contribution >= 0.6 is 0 Å². The van der Waals surface area contributed by atoms with Crippen LogP contribution in [0.15, 0.2) is 18.2 Å². The Bertz CT molecular complexity index is 641. The summed E-state index contributed by atoms with van der Waals surface area (Å²) in [6.45, 7) is 5.54. The number of fused-ring (bicyclic) bond motifs is 1. The summed E-state index contributed by atoms with van der Waals surface area (Å²) < 4.78 is 16.1. The monoisotopic (exact) mass is 362 g/mol. The van der Waals surface area contributed by atoms with E-state index < -0.39 is 0 Å². The van der Waals surface area contributed by atoms with Gasteiger partial charge in [0.05, 0.1) is 6.61 Å². The van der Waals surface area contributed by atoms with E-state index >= 15 is 0 Å². The molecule has 1 fully saturated rings. The Labute approximate surface area is 153 Å². The van der Waals surface area contributed by atoms with Gasteiger partial charge in [0.15, 0.2) is 11.5 Å². The molecule has 2 heterocycles. The fourth-order valence-electron chi connectivity index (χ4n) is 3.20. The smallest absolute Gasteiger partial charge is 0.409 e. The molecule has 0 spiro atoms. The Morgan fingerprint density at radius 2 is 1.73 bits per heavy atom. The third kappa shape index (κ3) is 4.59. The van der Waals surface area contributed by atoms with Crippen molar-refractivity contribution >= 4 is 12.0 Å². The van der Waals surface area contributed by atoms with Crippen LogP contribution in [0.4, 0.5) is 4.79 Å². The number of benzene rings is 1. The predicted molar refractivity (Wildman–Crippen MR) is 95.5 cm³/mol. The van der Waals surface area contributed by atoms with Crippen LogP contribution in [-0.2, 0) is 16.0 Å². The lowest BCUT2D eigenvalue weighted by Gasteiger charge is -2.34. The van der Waals surface area contributed by atoms with Gasteiger partial charge in [0.2, 0.25) is 5.91 Å². The summed E-state index contributed by atoms with van der Waals surface area (Å²) in [6.07, 6.45) is 1.83. The highest BCUT2D eigenvalue weighted by atomic mass is 16.6. The Hall–Kier alpha value is -2.44. The van der Waals surface area contributed by atoms with Crippen molar-refractivity contribution < 1.29 is 23.8 Å². The van der Waals surface area contributed by atoms with Gasteiger partial charge in [-0.05, 0) is 37.5 Å². The third-order valence-electron chi connectivity index (χ3n) is 4.62. The number of aryl methyl sites for hydroxylation is 1. The molecule has 142 valence electrons. The van der Waals surface area contributed by atoms with Crippen LogP contribution < -0.4 is 9.47 Å². The first-order valence-corrected chi connectivity index (χ1v) is 9.25. The maximum absolute atomic E-state index is 12.4. The van der Waals surface area contributed by atoms with Crippen LogP contribution in [0.2, 0.25) is 0 Å². The highest BCUT2D eigenvalue weighted by Crippen LogP contribution is 2.31. The number of hydrogen-bond donors (Lipinski definition) is 0. The SMILES string of the molecule is CCOC(=O)N1CCN(C(=O)CCCc2ccc3c(c2)OCCO3)CC1. The molecule has 0 radical (unpaired) electrons. The van der Waals surface area contributed by atoms with Gasteiger partial charge < -0.3 is 24.0 Å². The van der Waals surface area contributed by atoms with E-state index in [1.807, 2.05) is 23.1 Å². The van der Waals surface area contributed by atoms with Gasteiger partial charge in [-0.1, -0.05) is 6.07 Å². The maximum atomic E-state index is 12.4. The van der Waals surface area contributed by atoms with E-state index in [4.69, 9.17) is 14.2 Å². The number of hydrogen-bond acceptors (Lipinski definition) is 5. The van der Waals surface area contributed by atoms with Crippen molar-refractivity contribution in [3.63, 3.8) is 0 Å². The summed E-state index contributed by atoms with van der Waals surface area (Å²) in [6, 6.07) is 5.95. The molecule has 0 atom stereocenters. The molecule has 0 aliphatic carbocycles. The zero-order valence-corrected chi connectivity index (χ0v) is 15.2. The van der Waals surface area contributed by atoms with Gasteiger partial charge in [-0.3, -0.25) is 4.79 Å². The van der Waals surface area contributed by atoms with Gasteiger partial charge in [0, 0.05) is 32.6 Å². The van der Waals surface area contributed by atoms with E-state index in [1.165, 1.54) is 0 Å². The molecule has 7 nitrogen and oxygen atoms in total. The number of amides is 2. The van der Waals surface area contributed by atoms with E-state index in [0.29, 0.717) is 52.4 Å². The second-order valence-electron chi connectivity index (χ2n) is 6.40. The molecule has 0 aromatic heterocycles. The Kier molecular flexibility index (Phi) is 6.20. The second kappa shape index (κ2) is 8.78. The highest BCUT2D eigenvalue weighted by molar-refractivity contribution is 5.76. The van der Waals surface area contributed by atoms with E-state index in [0.717, 1.165) is 29.9 Å². The number of carbonyl (C=O) groups excluding carboxylic acids is 2.